The Balaban J connectivity index is 2.30. The zero-order valence-corrected chi connectivity index (χ0v) is 9.18. The molecule has 0 fully saturated rings. The van der Waals surface area contributed by atoms with Gasteiger partial charge in [0.2, 0.25) is 0 Å². The summed E-state index contributed by atoms with van der Waals surface area (Å²) in [6, 6.07) is 5.72. The molecular weight excluding hydrogens is 206 g/mol. The first kappa shape index (κ1) is 10.4. The average molecular weight is 219 g/mol. The van der Waals surface area contributed by atoms with Crippen molar-refractivity contribution in [2.75, 3.05) is 12.8 Å². The van der Waals surface area contributed by atoms with Crippen LogP contribution in [0.4, 0.5) is 5.69 Å². The normalized spacial score (nSPS) is 10.1. The number of rotatable bonds is 3. The van der Waals surface area contributed by atoms with Gasteiger partial charge in [-0.15, -0.1) is 0 Å². The number of anilines is 1. The van der Waals surface area contributed by atoms with Crippen LogP contribution in [0.3, 0.4) is 0 Å². The highest BCUT2D eigenvalue weighted by Crippen LogP contribution is 2.30. The molecule has 1 aromatic carbocycles. The van der Waals surface area contributed by atoms with Crippen molar-refractivity contribution < 1.29 is 9.47 Å². The molecule has 0 aliphatic rings. The van der Waals surface area contributed by atoms with Crippen molar-refractivity contribution in [3.8, 4) is 17.5 Å². The van der Waals surface area contributed by atoms with Crippen molar-refractivity contribution in [2.45, 2.75) is 0 Å². The number of aromatic nitrogens is 2. The molecule has 84 valence electrons. The lowest BCUT2D eigenvalue weighted by atomic mass is 10.3. The minimum atomic E-state index is 0.486. The Morgan fingerprint density at radius 3 is 2.81 bits per heavy atom. The van der Waals surface area contributed by atoms with E-state index in [0.717, 1.165) is 0 Å². The lowest BCUT2D eigenvalue weighted by Crippen LogP contribution is -1.97. The van der Waals surface area contributed by atoms with E-state index < -0.39 is 0 Å². The van der Waals surface area contributed by atoms with E-state index >= 15 is 0 Å². The fourth-order valence-electron chi connectivity index (χ4n) is 1.28. The molecule has 16 heavy (non-hydrogen) atoms. The Labute approximate surface area is 93.4 Å². The first-order valence-corrected chi connectivity index (χ1v) is 4.79. The van der Waals surface area contributed by atoms with Gasteiger partial charge in [0.1, 0.15) is 5.75 Å². The summed E-state index contributed by atoms with van der Waals surface area (Å²) in [6.45, 7) is 0. The monoisotopic (exact) mass is 219 g/mol. The molecule has 0 radical (unpaired) electrons. The number of benzene rings is 1. The van der Waals surface area contributed by atoms with Crippen LogP contribution in [0.25, 0.3) is 0 Å². The van der Waals surface area contributed by atoms with E-state index in [1.54, 1.807) is 42.3 Å². The Kier molecular flexibility index (Phi) is 2.68. The van der Waals surface area contributed by atoms with Gasteiger partial charge in [-0.3, -0.25) is 0 Å². The van der Waals surface area contributed by atoms with Crippen LogP contribution in [0.5, 0.6) is 17.5 Å². The number of ether oxygens (including phenoxy) is 2. The Hall–Kier alpha value is -2.17. The van der Waals surface area contributed by atoms with Crippen LogP contribution in [0.1, 0.15) is 0 Å². The Morgan fingerprint density at radius 2 is 2.19 bits per heavy atom. The summed E-state index contributed by atoms with van der Waals surface area (Å²) in [5.74, 6) is 1.23. The number of imidazole rings is 1. The molecule has 0 aliphatic carbocycles. The van der Waals surface area contributed by atoms with E-state index in [-0.39, 0.29) is 0 Å². The van der Waals surface area contributed by atoms with Crippen molar-refractivity contribution in [1.82, 2.24) is 9.55 Å². The summed E-state index contributed by atoms with van der Waals surface area (Å²) >= 11 is 0. The van der Waals surface area contributed by atoms with Crippen molar-refractivity contribution in [2.24, 2.45) is 7.05 Å². The second-order valence-corrected chi connectivity index (χ2v) is 3.33. The molecule has 2 N–H and O–H groups in total. The van der Waals surface area contributed by atoms with Gasteiger partial charge in [0.25, 0.3) is 0 Å². The highest BCUT2D eigenvalue weighted by molar-refractivity contribution is 5.56. The minimum absolute atomic E-state index is 0.486. The SMILES string of the molecule is COc1ccc(N)c(Oc2nccn2C)c1. The third-order valence-corrected chi connectivity index (χ3v) is 2.20. The molecule has 1 heterocycles. The van der Waals surface area contributed by atoms with E-state index in [0.29, 0.717) is 23.2 Å². The van der Waals surface area contributed by atoms with Crippen molar-refractivity contribution >= 4 is 5.69 Å². The molecule has 0 atom stereocenters. The number of methoxy groups -OCH3 is 1. The number of hydrogen-bond acceptors (Lipinski definition) is 4. The molecule has 0 unspecified atom stereocenters. The number of nitrogens with two attached hydrogens (primary N) is 1. The molecule has 2 aromatic rings. The quantitative estimate of drug-likeness (QED) is 0.799. The average Bonchev–Trinajstić information content (AvgIpc) is 2.68. The molecule has 5 nitrogen and oxygen atoms in total. The highest BCUT2D eigenvalue weighted by atomic mass is 16.5. The van der Waals surface area contributed by atoms with Crippen molar-refractivity contribution in [1.29, 1.82) is 0 Å². The van der Waals surface area contributed by atoms with Gasteiger partial charge in [-0.25, -0.2) is 4.98 Å². The molecule has 0 spiro atoms. The van der Waals surface area contributed by atoms with Gasteiger partial charge in [0, 0.05) is 25.5 Å². The van der Waals surface area contributed by atoms with Crippen LogP contribution in [-0.4, -0.2) is 16.7 Å². The molecule has 2 rings (SSSR count). The van der Waals surface area contributed by atoms with E-state index in [9.17, 15) is 0 Å². The van der Waals surface area contributed by atoms with Gasteiger partial charge in [-0.1, -0.05) is 0 Å². The zero-order chi connectivity index (χ0) is 11.5. The van der Waals surface area contributed by atoms with Crippen LogP contribution in [0.15, 0.2) is 30.6 Å². The predicted molar refractivity (Wildman–Crippen MR) is 60.7 cm³/mol. The molecule has 0 saturated carbocycles. The third kappa shape index (κ3) is 1.93. The molecule has 1 aromatic heterocycles. The van der Waals surface area contributed by atoms with Crippen molar-refractivity contribution in [3.63, 3.8) is 0 Å². The Bertz CT molecular complexity index is 494. The summed E-state index contributed by atoms with van der Waals surface area (Å²) in [4.78, 5) is 4.05. The second kappa shape index (κ2) is 4.14. The number of nitrogens with zero attached hydrogens (tertiary/aromatic N) is 2. The fourth-order valence-corrected chi connectivity index (χ4v) is 1.28. The van der Waals surface area contributed by atoms with Gasteiger partial charge in [0.15, 0.2) is 5.75 Å². The molecule has 0 amide bonds. The minimum Gasteiger partial charge on any atom is -0.497 e. The summed E-state index contributed by atoms with van der Waals surface area (Å²) in [7, 11) is 3.44. The number of hydrogen-bond donors (Lipinski definition) is 1. The smallest absolute Gasteiger partial charge is 0.301 e. The van der Waals surface area contributed by atoms with Gasteiger partial charge in [0.05, 0.1) is 12.8 Å². The molecule has 0 aliphatic heterocycles. The standard InChI is InChI=1S/C11H13N3O2/c1-14-6-5-13-11(14)16-10-7-8(15-2)3-4-9(10)12/h3-7H,12H2,1-2H3. The molecule has 0 bridgehead atoms. The first-order valence-electron chi connectivity index (χ1n) is 4.79. The Morgan fingerprint density at radius 1 is 1.38 bits per heavy atom. The fraction of sp³-hybridized carbons (Fsp3) is 0.182. The number of aryl methyl sites for hydroxylation is 1. The summed E-state index contributed by atoms with van der Waals surface area (Å²) in [5.41, 5.74) is 6.34. The second-order valence-electron chi connectivity index (χ2n) is 3.33. The lowest BCUT2D eigenvalue weighted by Gasteiger charge is -2.09. The first-order chi connectivity index (χ1) is 7.70. The summed E-state index contributed by atoms with van der Waals surface area (Å²) in [6.07, 6.45) is 3.46. The molecule has 5 heteroatoms. The van der Waals surface area contributed by atoms with E-state index in [4.69, 9.17) is 15.2 Å². The maximum Gasteiger partial charge on any atom is 0.301 e. The van der Waals surface area contributed by atoms with Crippen LogP contribution in [0.2, 0.25) is 0 Å². The van der Waals surface area contributed by atoms with Gasteiger partial charge in [-0.05, 0) is 12.1 Å². The molecular formula is C11H13N3O2. The van der Waals surface area contributed by atoms with Crippen molar-refractivity contribution in [3.05, 3.63) is 30.6 Å². The summed E-state index contributed by atoms with van der Waals surface area (Å²) in [5, 5.41) is 0. The van der Waals surface area contributed by atoms with Gasteiger partial charge in [-0.2, -0.15) is 0 Å². The van der Waals surface area contributed by atoms with Gasteiger partial charge >= 0.3 is 6.01 Å². The topological polar surface area (TPSA) is 62.3 Å². The number of nitrogen functional groups attached to an aromatic ring is 1. The van der Waals surface area contributed by atoms with Crippen LogP contribution in [0, 0.1) is 0 Å². The predicted octanol–water partition coefficient (Wildman–Crippen LogP) is 1.80. The largest absolute Gasteiger partial charge is 0.497 e. The van der Waals surface area contributed by atoms with Gasteiger partial charge < -0.3 is 19.8 Å². The highest BCUT2D eigenvalue weighted by Gasteiger charge is 2.07. The third-order valence-electron chi connectivity index (χ3n) is 2.20. The van der Waals surface area contributed by atoms with Crippen LogP contribution >= 0.6 is 0 Å². The summed E-state index contributed by atoms with van der Waals surface area (Å²) < 4.78 is 12.4. The van der Waals surface area contributed by atoms with Crippen LogP contribution in [-0.2, 0) is 7.05 Å². The zero-order valence-electron chi connectivity index (χ0n) is 9.18. The lowest BCUT2D eigenvalue weighted by molar-refractivity contribution is 0.401. The van der Waals surface area contributed by atoms with E-state index in [1.807, 2.05) is 7.05 Å². The molecule has 0 saturated heterocycles. The van der Waals surface area contributed by atoms with Crippen LogP contribution < -0.4 is 15.2 Å². The maximum absolute atomic E-state index is 5.79. The van der Waals surface area contributed by atoms with E-state index in [1.165, 1.54) is 0 Å². The van der Waals surface area contributed by atoms with E-state index in [2.05, 4.69) is 4.98 Å². The maximum atomic E-state index is 5.79.